The Bertz CT molecular complexity index is 982. The summed E-state index contributed by atoms with van der Waals surface area (Å²) < 4.78 is 13.4. The maximum atomic E-state index is 14.0. The molecule has 4 bridgehead atoms. The van der Waals surface area contributed by atoms with E-state index >= 15 is 0 Å². The molecular weight excluding hydrogens is 447 g/mol. The van der Waals surface area contributed by atoms with Crippen molar-refractivity contribution < 1.29 is 14.0 Å². The lowest BCUT2D eigenvalue weighted by Crippen LogP contribution is -2.57. The highest BCUT2D eigenvalue weighted by molar-refractivity contribution is 7.09. The van der Waals surface area contributed by atoms with Crippen molar-refractivity contribution in [3.8, 4) is 0 Å². The van der Waals surface area contributed by atoms with E-state index in [4.69, 9.17) is 0 Å². The van der Waals surface area contributed by atoms with Crippen LogP contribution in [0.5, 0.6) is 0 Å². The number of hydrogen-bond donors (Lipinski definition) is 0. The van der Waals surface area contributed by atoms with E-state index in [2.05, 4.69) is 0 Å². The molecule has 0 unspecified atom stereocenters. The summed E-state index contributed by atoms with van der Waals surface area (Å²) in [6.45, 7) is 5.04. The zero-order chi connectivity index (χ0) is 23.9. The molecule has 6 rings (SSSR count). The molecule has 4 aliphatic rings. The average molecular weight is 483 g/mol. The number of carbonyl (C=O) groups is 2. The molecule has 4 fully saturated rings. The molecule has 6 heteroatoms. The Morgan fingerprint density at radius 1 is 1.00 bits per heavy atom. The minimum Gasteiger partial charge on any atom is -0.332 e. The zero-order valence-corrected chi connectivity index (χ0v) is 21.0. The Balaban J connectivity index is 1.34. The highest BCUT2D eigenvalue weighted by Crippen LogP contribution is 2.60. The molecule has 0 saturated heterocycles. The summed E-state index contributed by atoms with van der Waals surface area (Å²) in [7, 11) is 0. The van der Waals surface area contributed by atoms with E-state index in [1.807, 2.05) is 36.3 Å². The molecule has 0 radical (unpaired) electrons. The molecule has 0 atom stereocenters. The summed E-state index contributed by atoms with van der Waals surface area (Å²) in [4.78, 5) is 32.4. The summed E-state index contributed by atoms with van der Waals surface area (Å²) in [6.07, 6.45) is 6.88. The topological polar surface area (TPSA) is 40.6 Å². The van der Waals surface area contributed by atoms with Crippen LogP contribution in [0.15, 0.2) is 41.8 Å². The van der Waals surface area contributed by atoms with Gasteiger partial charge in [0.25, 0.3) is 0 Å². The second-order valence-corrected chi connectivity index (χ2v) is 12.2. The Kier molecular flexibility index (Phi) is 6.54. The lowest BCUT2D eigenvalue weighted by atomic mass is 9.49. The number of nitrogens with zero attached hydrogens (tertiary/aromatic N) is 2. The number of hydrogen-bond acceptors (Lipinski definition) is 3. The molecule has 182 valence electrons. The number of halogens is 1. The highest BCUT2D eigenvalue weighted by atomic mass is 32.1. The molecule has 1 heterocycles. The van der Waals surface area contributed by atoms with E-state index in [0.29, 0.717) is 30.8 Å². The normalized spacial score (nSPS) is 27.2. The number of amides is 2. The van der Waals surface area contributed by atoms with Crippen LogP contribution in [0, 0.1) is 29.0 Å². The van der Waals surface area contributed by atoms with E-state index in [0.717, 1.165) is 29.7 Å². The van der Waals surface area contributed by atoms with Crippen molar-refractivity contribution in [2.75, 3.05) is 6.54 Å². The van der Waals surface area contributed by atoms with Crippen LogP contribution in [0.1, 0.15) is 62.8 Å². The second kappa shape index (κ2) is 9.44. The molecule has 1 aromatic carbocycles. The van der Waals surface area contributed by atoms with Gasteiger partial charge in [-0.25, -0.2) is 4.39 Å². The molecule has 2 aromatic rings. The average Bonchev–Trinajstić information content (AvgIpc) is 3.30. The molecular formula is C28H35FN2O2S. The fraction of sp³-hybridized carbons (Fsp3) is 0.571. The summed E-state index contributed by atoms with van der Waals surface area (Å²) in [5, 5.41) is 2.01. The molecule has 0 aliphatic heterocycles. The van der Waals surface area contributed by atoms with Gasteiger partial charge in [0.15, 0.2) is 0 Å². The first-order valence-corrected chi connectivity index (χ1v) is 13.5. The van der Waals surface area contributed by atoms with Crippen molar-refractivity contribution in [3.05, 3.63) is 58.0 Å². The third-order valence-corrected chi connectivity index (χ3v) is 9.11. The Morgan fingerprint density at radius 2 is 1.62 bits per heavy atom. The van der Waals surface area contributed by atoms with Crippen LogP contribution in [-0.2, 0) is 22.7 Å². The van der Waals surface area contributed by atoms with Crippen molar-refractivity contribution >= 4 is 23.2 Å². The van der Waals surface area contributed by atoms with Crippen molar-refractivity contribution in [2.24, 2.45) is 23.2 Å². The second-order valence-electron chi connectivity index (χ2n) is 11.2. The minimum atomic E-state index is -0.285. The van der Waals surface area contributed by atoms with E-state index < -0.39 is 0 Å². The molecule has 4 nitrogen and oxygen atoms in total. The predicted octanol–water partition coefficient (Wildman–Crippen LogP) is 5.87. The first-order chi connectivity index (χ1) is 16.3. The van der Waals surface area contributed by atoms with Crippen LogP contribution >= 0.6 is 11.3 Å². The molecule has 0 spiro atoms. The van der Waals surface area contributed by atoms with Gasteiger partial charge in [-0.3, -0.25) is 9.59 Å². The Labute approximate surface area is 206 Å². The molecule has 0 N–H and O–H groups in total. The van der Waals surface area contributed by atoms with Crippen molar-refractivity contribution in [3.63, 3.8) is 0 Å². The number of thiophene rings is 1. The van der Waals surface area contributed by atoms with Gasteiger partial charge in [0.1, 0.15) is 12.4 Å². The SMILES string of the molecule is CC(C)N(CC(=O)N(Cc1ccc(F)cc1)Cc1cccs1)C(=O)C12CC3CC(CC(C3)C1)C2. The minimum absolute atomic E-state index is 0.0288. The smallest absolute Gasteiger partial charge is 0.242 e. The summed E-state index contributed by atoms with van der Waals surface area (Å²) in [5.41, 5.74) is 0.629. The quantitative estimate of drug-likeness (QED) is 0.472. The van der Waals surface area contributed by atoms with Gasteiger partial charge in [0, 0.05) is 17.5 Å². The maximum Gasteiger partial charge on any atom is 0.242 e. The largest absolute Gasteiger partial charge is 0.332 e. The fourth-order valence-corrected chi connectivity index (χ4v) is 7.76. The van der Waals surface area contributed by atoms with Crippen LogP contribution in [0.2, 0.25) is 0 Å². The van der Waals surface area contributed by atoms with Gasteiger partial charge in [0.2, 0.25) is 11.8 Å². The number of rotatable bonds is 8. The van der Waals surface area contributed by atoms with E-state index in [-0.39, 0.29) is 35.6 Å². The van der Waals surface area contributed by atoms with Crippen LogP contribution in [0.4, 0.5) is 4.39 Å². The van der Waals surface area contributed by atoms with Gasteiger partial charge < -0.3 is 9.80 Å². The van der Waals surface area contributed by atoms with Gasteiger partial charge in [-0.05, 0) is 99.3 Å². The van der Waals surface area contributed by atoms with E-state index in [1.54, 1.807) is 28.4 Å². The highest BCUT2D eigenvalue weighted by Gasteiger charge is 2.56. The van der Waals surface area contributed by atoms with Gasteiger partial charge in [-0.15, -0.1) is 11.3 Å². The summed E-state index contributed by atoms with van der Waals surface area (Å²) in [6, 6.07) is 10.3. The van der Waals surface area contributed by atoms with Gasteiger partial charge in [-0.2, -0.15) is 0 Å². The van der Waals surface area contributed by atoms with Crippen LogP contribution in [-0.4, -0.2) is 34.2 Å². The molecule has 4 saturated carbocycles. The van der Waals surface area contributed by atoms with Gasteiger partial charge >= 0.3 is 0 Å². The number of benzene rings is 1. The first-order valence-electron chi connectivity index (χ1n) is 12.7. The third-order valence-electron chi connectivity index (χ3n) is 8.25. The van der Waals surface area contributed by atoms with Crippen LogP contribution in [0.3, 0.4) is 0 Å². The van der Waals surface area contributed by atoms with Gasteiger partial charge in [0.05, 0.1) is 12.0 Å². The van der Waals surface area contributed by atoms with Crippen LogP contribution < -0.4 is 0 Å². The Morgan fingerprint density at radius 3 is 2.15 bits per heavy atom. The molecule has 1 aromatic heterocycles. The molecule has 4 aliphatic carbocycles. The van der Waals surface area contributed by atoms with Crippen molar-refractivity contribution in [2.45, 2.75) is 71.5 Å². The Hall–Kier alpha value is -2.21. The van der Waals surface area contributed by atoms with Crippen molar-refractivity contribution in [1.29, 1.82) is 0 Å². The monoisotopic (exact) mass is 482 g/mol. The maximum absolute atomic E-state index is 14.0. The van der Waals surface area contributed by atoms with E-state index in [1.165, 1.54) is 31.4 Å². The fourth-order valence-electron chi connectivity index (χ4n) is 7.04. The van der Waals surface area contributed by atoms with E-state index in [9.17, 15) is 14.0 Å². The van der Waals surface area contributed by atoms with Gasteiger partial charge in [-0.1, -0.05) is 18.2 Å². The predicted molar refractivity (Wildman–Crippen MR) is 132 cm³/mol. The molecule has 2 amide bonds. The standard InChI is InChI=1S/C28H35FN2O2S/c1-19(2)31(27(33)28-13-21-10-22(14-28)12-23(11-21)15-28)18-26(32)30(17-25-4-3-9-34-25)16-20-5-7-24(29)8-6-20/h3-9,19,21-23H,10-18H2,1-2H3. The summed E-state index contributed by atoms with van der Waals surface area (Å²) in [5.74, 6) is 1.93. The summed E-state index contributed by atoms with van der Waals surface area (Å²) >= 11 is 1.62. The third kappa shape index (κ3) is 4.79. The lowest BCUT2D eigenvalue weighted by Gasteiger charge is -2.57. The lowest BCUT2D eigenvalue weighted by molar-refractivity contribution is -0.162. The first kappa shape index (κ1) is 23.5. The number of carbonyl (C=O) groups excluding carboxylic acids is 2. The van der Waals surface area contributed by atoms with Crippen LogP contribution in [0.25, 0.3) is 0 Å². The molecule has 34 heavy (non-hydrogen) atoms. The zero-order valence-electron chi connectivity index (χ0n) is 20.2. The van der Waals surface area contributed by atoms with Crippen molar-refractivity contribution in [1.82, 2.24) is 9.80 Å².